The van der Waals surface area contributed by atoms with Gasteiger partial charge in [-0.25, -0.2) is 9.97 Å². The maximum Gasteiger partial charge on any atom is 0.270 e. The van der Waals surface area contributed by atoms with E-state index >= 15 is 0 Å². The third kappa shape index (κ3) is 7.77. The van der Waals surface area contributed by atoms with Crippen molar-refractivity contribution in [2.75, 3.05) is 46.1 Å². The molecule has 0 saturated carbocycles. The van der Waals surface area contributed by atoms with Gasteiger partial charge in [0.05, 0.1) is 27.0 Å². The molecule has 0 atom stereocenters. The first-order valence-electron chi connectivity index (χ1n) is 12.8. The van der Waals surface area contributed by atoms with Crippen LogP contribution in [0.3, 0.4) is 0 Å². The number of hydrogen-bond acceptors (Lipinski definition) is 8. The van der Waals surface area contributed by atoms with Crippen molar-refractivity contribution in [1.29, 1.82) is 0 Å². The zero-order valence-electron chi connectivity index (χ0n) is 23.2. The van der Waals surface area contributed by atoms with Gasteiger partial charge in [-0.15, -0.1) is 0 Å². The number of benzene rings is 2. The quantitative estimate of drug-likeness (QED) is 0.156. The zero-order chi connectivity index (χ0) is 27.5. The Labute approximate surface area is 230 Å². The van der Waals surface area contributed by atoms with Gasteiger partial charge in [0.15, 0.2) is 16.7 Å². The van der Waals surface area contributed by atoms with Crippen molar-refractivity contribution >= 4 is 23.4 Å². The number of anilines is 1. The van der Waals surface area contributed by atoms with Crippen LogP contribution >= 0.6 is 11.8 Å². The number of unbranched alkanes of at least 4 members (excludes halogenated alkanes) is 3. The van der Waals surface area contributed by atoms with E-state index in [-0.39, 0.29) is 5.91 Å². The molecule has 1 N–H and O–H groups in total. The highest BCUT2D eigenvalue weighted by molar-refractivity contribution is 7.99. The molecule has 3 aromatic rings. The van der Waals surface area contributed by atoms with Crippen LogP contribution in [0.15, 0.2) is 47.6 Å². The molecule has 0 radical (unpaired) electrons. The number of hydrogen-bond donors (Lipinski definition) is 1. The first kappa shape index (κ1) is 29.1. The highest BCUT2D eigenvalue weighted by Gasteiger charge is 2.18. The molecule has 0 aliphatic heterocycles. The number of carbonyl (C=O) groups is 1. The summed E-state index contributed by atoms with van der Waals surface area (Å²) in [5, 5.41) is 3.56. The van der Waals surface area contributed by atoms with Gasteiger partial charge in [-0.2, -0.15) is 0 Å². The number of ether oxygens (including phenoxy) is 3. The van der Waals surface area contributed by atoms with Gasteiger partial charge < -0.3 is 24.4 Å². The van der Waals surface area contributed by atoms with Crippen LogP contribution in [0.1, 0.15) is 48.7 Å². The average molecular weight is 539 g/mol. The minimum atomic E-state index is -0.259. The fraction of sp³-hybridized carbons (Fsp3) is 0.414. The maximum absolute atomic E-state index is 13.2. The summed E-state index contributed by atoms with van der Waals surface area (Å²) >= 11 is 1.56. The van der Waals surface area contributed by atoms with E-state index in [0.717, 1.165) is 35.4 Å². The van der Waals surface area contributed by atoms with E-state index in [1.54, 1.807) is 39.2 Å². The molecule has 0 aliphatic rings. The van der Waals surface area contributed by atoms with Gasteiger partial charge in [0.2, 0.25) is 5.75 Å². The second kappa shape index (κ2) is 14.5. The molecular weight excluding hydrogens is 500 g/mol. The minimum Gasteiger partial charge on any atom is -0.493 e. The van der Waals surface area contributed by atoms with Crippen LogP contribution in [0.4, 0.5) is 5.69 Å². The van der Waals surface area contributed by atoms with Crippen LogP contribution < -0.4 is 24.4 Å². The average Bonchev–Trinajstić information content (AvgIpc) is 2.94. The summed E-state index contributed by atoms with van der Waals surface area (Å²) in [6.45, 7) is 2.59. The highest BCUT2D eigenvalue weighted by atomic mass is 32.2. The standard InChI is InChI=1S/C29H38N4O4S/c1-7-8-9-10-15-38-29-31-23(21-16-25(35-4)27(37-6)26(17-21)36-5)18-24(32-29)28(34)30-19-20-11-13-22(14-12-20)33(2)3/h11-14,16-18H,7-10,15,19H2,1-6H3,(H,30,34). The number of nitrogens with zero attached hydrogens (tertiary/aromatic N) is 3. The maximum atomic E-state index is 13.2. The van der Waals surface area contributed by atoms with Gasteiger partial charge in [-0.1, -0.05) is 50.1 Å². The van der Waals surface area contributed by atoms with E-state index in [1.165, 1.54) is 12.8 Å². The highest BCUT2D eigenvalue weighted by Crippen LogP contribution is 2.41. The minimum absolute atomic E-state index is 0.259. The van der Waals surface area contributed by atoms with Crippen molar-refractivity contribution in [1.82, 2.24) is 15.3 Å². The number of amides is 1. The second-order valence-corrected chi connectivity index (χ2v) is 10.0. The lowest BCUT2D eigenvalue weighted by atomic mass is 10.1. The Balaban J connectivity index is 1.89. The Morgan fingerprint density at radius 2 is 1.61 bits per heavy atom. The number of aromatic nitrogens is 2. The molecule has 0 fully saturated rings. The van der Waals surface area contributed by atoms with Crippen molar-refractivity contribution < 1.29 is 19.0 Å². The number of thioether (sulfide) groups is 1. The van der Waals surface area contributed by atoms with Crippen molar-refractivity contribution in [3.05, 3.63) is 53.7 Å². The molecule has 38 heavy (non-hydrogen) atoms. The summed E-state index contributed by atoms with van der Waals surface area (Å²) < 4.78 is 16.5. The predicted octanol–water partition coefficient (Wildman–Crippen LogP) is 5.84. The zero-order valence-corrected chi connectivity index (χ0v) is 24.0. The van der Waals surface area contributed by atoms with E-state index in [2.05, 4.69) is 17.2 Å². The number of carbonyl (C=O) groups excluding carboxylic acids is 1. The van der Waals surface area contributed by atoms with Gasteiger partial charge in [0.1, 0.15) is 5.69 Å². The van der Waals surface area contributed by atoms with Crippen molar-refractivity contribution in [2.24, 2.45) is 0 Å². The SMILES string of the molecule is CCCCCCSc1nc(C(=O)NCc2ccc(N(C)C)cc2)cc(-c2cc(OC)c(OC)c(OC)c2)n1. The lowest BCUT2D eigenvalue weighted by Crippen LogP contribution is -2.24. The third-order valence-electron chi connectivity index (χ3n) is 6.03. The van der Waals surface area contributed by atoms with Gasteiger partial charge in [0, 0.05) is 37.6 Å². The molecule has 0 saturated heterocycles. The smallest absolute Gasteiger partial charge is 0.270 e. The molecule has 1 heterocycles. The van der Waals surface area contributed by atoms with Crippen LogP contribution in [0, 0.1) is 0 Å². The van der Waals surface area contributed by atoms with E-state index in [4.69, 9.17) is 19.2 Å². The van der Waals surface area contributed by atoms with E-state index in [1.807, 2.05) is 55.4 Å². The molecule has 0 bridgehead atoms. The van der Waals surface area contributed by atoms with Gasteiger partial charge in [-0.05, 0) is 42.3 Å². The molecule has 1 amide bonds. The molecule has 3 rings (SSSR count). The largest absolute Gasteiger partial charge is 0.493 e. The summed E-state index contributed by atoms with van der Waals surface area (Å²) in [7, 11) is 8.70. The van der Waals surface area contributed by atoms with Crippen LogP contribution in [0.2, 0.25) is 0 Å². The van der Waals surface area contributed by atoms with Crippen molar-refractivity contribution in [3.8, 4) is 28.5 Å². The van der Waals surface area contributed by atoms with E-state index in [0.29, 0.717) is 40.3 Å². The van der Waals surface area contributed by atoms with E-state index in [9.17, 15) is 4.79 Å². The predicted molar refractivity (Wildman–Crippen MR) is 154 cm³/mol. The Kier molecular flexibility index (Phi) is 11.1. The molecule has 8 nitrogen and oxygen atoms in total. The number of methoxy groups -OCH3 is 3. The molecule has 2 aromatic carbocycles. The fourth-order valence-corrected chi connectivity index (χ4v) is 4.72. The fourth-order valence-electron chi connectivity index (χ4n) is 3.86. The molecular formula is C29H38N4O4S. The van der Waals surface area contributed by atoms with Crippen LogP contribution in [-0.4, -0.2) is 57.1 Å². The van der Waals surface area contributed by atoms with Crippen molar-refractivity contribution in [2.45, 2.75) is 44.3 Å². The monoisotopic (exact) mass is 538 g/mol. The van der Waals surface area contributed by atoms with Gasteiger partial charge in [0.25, 0.3) is 5.91 Å². The first-order chi connectivity index (χ1) is 18.4. The van der Waals surface area contributed by atoms with Gasteiger partial charge in [-0.3, -0.25) is 4.79 Å². The molecule has 1 aromatic heterocycles. The summed E-state index contributed by atoms with van der Waals surface area (Å²) in [6.07, 6.45) is 4.62. The summed E-state index contributed by atoms with van der Waals surface area (Å²) in [5.41, 5.74) is 3.77. The summed E-state index contributed by atoms with van der Waals surface area (Å²) in [4.78, 5) is 24.6. The Morgan fingerprint density at radius 3 is 2.18 bits per heavy atom. The van der Waals surface area contributed by atoms with Gasteiger partial charge >= 0.3 is 0 Å². The Bertz CT molecular complexity index is 1180. The Morgan fingerprint density at radius 1 is 0.921 bits per heavy atom. The molecule has 0 aliphatic carbocycles. The summed E-state index contributed by atoms with van der Waals surface area (Å²) in [5.74, 6) is 2.16. The molecule has 0 unspecified atom stereocenters. The lowest BCUT2D eigenvalue weighted by Gasteiger charge is -2.15. The van der Waals surface area contributed by atoms with E-state index < -0.39 is 0 Å². The van der Waals surface area contributed by atoms with Crippen molar-refractivity contribution in [3.63, 3.8) is 0 Å². The first-order valence-corrected chi connectivity index (χ1v) is 13.7. The third-order valence-corrected chi connectivity index (χ3v) is 6.97. The van der Waals surface area contributed by atoms with Crippen LogP contribution in [0.25, 0.3) is 11.3 Å². The summed E-state index contributed by atoms with van der Waals surface area (Å²) in [6, 6.07) is 13.4. The lowest BCUT2D eigenvalue weighted by molar-refractivity contribution is 0.0945. The molecule has 204 valence electrons. The van der Waals surface area contributed by atoms with Crippen LogP contribution in [0.5, 0.6) is 17.2 Å². The van der Waals surface area contributed by atoms with Crippen LogP contribution in [-0.2, 0) is 6.54 Å². The molecule has 0 spiro atoms. The Hall–Kier alpha value is -3.46. The normalized spacial score (nSPS) is 10.7. The second-order valence-electron chi connectivity index (χ2n) is 8.99. The number of rotatable bonds is 14. The number of nitrogens with one attached hydrogen (secondary N) is 1. The molecule has 9 heteroatoms. The topological polar surface area (TPSA) is 85.8 Å².